The highest BCUT2D eigenvalue weighted by molar-refractivity contribution is 7.92. The van der Waals surface area contributed by atoms with Crippen LogP contribution in [0.3, 0.4) is 0 Å². The number of carbonyl (C=O) groups excluding carboxylic acids is 1. The molecule has 1 aliphatic carbocycles. The van der Waals surface area contributed by atoms with E-state index in [9.17, 15) is 18.0 Å². The van der Waals surface area contributed by atoms with Gasteiger partial charge in [-0.1, -0.05) is 11.6 Å². The minimum absolute atomic E-state index is 0.0566. The fourth-order valence-electron chi connectivity index (χ4n) is 1.61. The van der Waals surface area contributed by atoms with E-state index < -0.39 is 27.5 Å². The van der Waals surface area contributed by atoms with Gasteiger partial charge in [0, 0.05) is 6.04 Å². The quantitative estimate of drug-likeness (QED) is 0.846. The molecule has 2 N–H and O–H groups in total. The maximum Gasteiger partial charge on any atom is 0.337 e. The van der Waals surface area contributed by atoms with Crippen LogP contribution in [0.4, 0.5) is 0 Å². The zero-order valence-corrected chi connectivity index (χ0v) is 11.9. The Bertz CT molecular complexity index is 666. The van der Waals surface area contributed by atoms with Gasteiger partial charge < -0.3 is 10.4 Å². The smallest absolute Gasteiger partial charge is 0.337 e. The molecule has 0 saturated heterocycles. The molecule has 1 fully saturated rings. The van der Waals surface area contributed by atoms with Crippen LogP contribution in [0.15, 0.2) is 23.1 Å². The van der Waals surface area contributed by atoms with E-state index in [4.69, 9.17) is 16.7 Å². The Balaban J connectivity index is 2.22. The molecule has 0 heterocycles. The van der Waals surface area contributed by atoms with Crippen LogP contribution in [0.25, 0.3) is 0 Å². The number of nitrogens with one attached hydrogen (secondary N) is 1. The van der Waals surface area contributed by atoms with Gasteiger partial charge in [0.2, 0.25) is 5.91 Å². The van der Waals surface area contributed by atoms with Gasteiger partial charge in [-0.25, -0.2) is 13.2 Å². The third kappa shape index (κ3) is 3.49. The molecule has 0 bridgehead atoms. The van der Waals surface area contributed by atoms with Crippen molar-refractivity contribution in [3.63, 3.8) is 0 Å². The number of halogens is 1. The monoisotopic (exact) mass is 317 g/mol. The topological polar surface area (TPSA) is 101 Å². The minimum atomic E-state index is -3.88. The second-order valence-corrected chi connectivity index (χ2v) is 6.94. The molecule has 108 valence electrons. The van der Waals surface area contributed by atoms with Crippen molar-refractivity contribution < 1.29 is 23.1 Å². The number of carboxylic acid groups (broad SMARTS) is 1. The Labute approximate surface area is 120 Å². The maximum absolute atomic E-state index is 12.0. The largest absolute Gasteiger partial charge is 0.478 e. The van der Waals surface area contributed by atoms with E-state index in [1.165, 1.54) is 12.1 Å². The van der Waals surface area contributed by atoms with Crippen molar-refractivity contribution in [3.8, 4) is 0 Å². The number of amides is 1. The standard InChI is InChI=1S/C12H12ClNO5S/c13-10-4-3-8(5-9(10)12(16)17)20(18,19)6-11(15)14-7-1-2-7/h3-5,7H,1-2,6H2,(H,14,15)(H,16,17). The van der Waals surface area contributed by atoms with Gasteiger partial charge in [-0.15, -0.1) is 0 Å². The Kier molecular flexibility index (Phi) is 4.01. The van der Waals surface area contributed by atoms with E-state index >= 15 is 0 Å². The molecular weight excluding hydrogens is 306 g/mol. The minimum Gasteiger partial charge on any atom is -0.478 e. The molecule has 0 aromatic heterocycles. The molecule has 0 atom stereocenters. The first kappa shape index (κ1) is 14.8. The summed E-state index contributed by atoms with van der Waals surface area (Å²) in [5.74, 6) is -2.61. The summed E-state index contributed by atoms with van der Waals surface area (Å²) in [6.07, 6.45) is 1.71. The molecule has 2 rings (SSSR count). The molecule has 8 heteroatoms. The first-order valence-corrected chi connectivity index (χ1v) is 7.87. The van der Waals surface area contributed by atoms with Gasteiger partial charge in [-0.3, -0.25) is 4.79 Å². The van der Waals surface area contributed by atoms with Crippen LogP contribution in [-0.4, -0.2) is 37.2 Å². The number of sulfone groups is 1. The van der Waals surface area contributed by atoms with Crippen molar-refractivity contribution in [1.29, 1.82) is 0 Å². The first-order valence-electron chi connectivity index (χ1n) is 5.84. The van der Waals surface area contributed by atoms with Crippen molar-refractivity contribution in [2.75, 3.05) is 5.75 Å². The second kappa shape index (κ2) is 5.41. The second-order valence-electron chi connectivity index (χ2n) is 4.55. The van der Waals surface area contributed by atoms with Gasteiger partial charge in [-0.2, -0.15) is 0 Å². The number of hydrogen-bond acceptors (Lipinski definition) is 4. The molecule has 1 amide bonds. The first-order chi connectivity index (χ1) is 9.29. The van der Waals surface area contributed by atoms with Crippen molar-refractivity contribution in [3.05, 3.63) is 28.8 Å². The van der Waals surface area contributed by atoms with Gasteiger partial charge in [0.15, 0.2) is 9.84 Å². The summed E-state index contributed by atoms with van der Waals surface area (Å²) >= 11 is 5.67. The van der Waals surface area contributed by atoms with E-state index in [2.05, 4.69) is 5.32 Å². The summed E-state index contributed by atoms with van der Waals surface area (Å²) < 4.78 is 24.1. The number of hydrogen-bond donors (Lipinski definition) is 2. The van der Waals surface area contributed by atoms with Crippen LogP contribution >= 0.6 is 11.6 Å². The number of rotatable bonds is 5. The highest BCUT2D eigenvalue weighted by atomic mass is 35.5. The van der Waals surface area contributed by atoms with E-state index in [-0.39, 0.29) is 21.5 Å². The lowest BCUT2D eigenvalue weighted by molar-refractivity contribution is -0.118. The van der Waals surface area contributed by atoms with Gasteiger partial charge >= 0.3 is 5.97 Å². The molecule has 0 aliphatic heterocycles. The third-order valence-corrected chi connectivity index (χ3v) is 4.73. The highest BCUT2D eigenvalue weighted by Crippen LogP contribution is 2.22. The summed E-state index contributed by atoms with van der Waals surface area (Å²) in [6, 6.07) is 3.41. The Hall–Kier alpha value is -1.60. The van der Waals surface area contributed by atoms with Crippen LogP contribution in [0.1, 0.15) is 23.2 Å². The summed E-state index contributed by atoms with van der Waals surface area (Å²) in [4.78, 5) is 22.2. The number of carboxylic acids is 1. The van der Waals surface area contributed by atoms with Crippen molar-refractivity contribution in [2.45, 2.75) is 23.8 Å². The average molecular weight is 318 g/mol. The number of carbonyl (C=O) groups is 2. The molecule has 20 heavy (non-hydrogen) atoms. The fraction of sp³-hybridized carbons (Fsp3) is 0.333. The van der Waals surface area contributed by atoms with Gasteiger partial charge in [0.1, 0.15) is 5.75 Å². The van der Waals surface area contributed by atoms with Crippen molar-refractivity contribution in [1.82, 2.24) is 5.32 Å². The summed E-state index contributed by atoms with van der Waals surface area (Å²) in [5.41, 5.74) is -0.310. The Morgan fingerprint density at radius 1 is 1.35 bits per heavy atom. The average Bonchev–Trinajstić information content (AvgIpc) is 3.11. The third-order valence-electron chi connectivity index (χ3n) is 2.79. The van der Waals surface area contributed by atoms with Crippen molar-refractivity contribution in [2.24, 2.45) is 0 Å². The molecule has 6 nitrogen and oxygen atoms in total. The molecular formula is C12H12ClNO5S. The Morgan fingerprint density at radius 2 is 2.00 bits per heavy atom. The molecule has 1 aromatic carbocycles. The lowest BCUT2D eigenvalue weighted by atomic mass is 10.2. The number of benzene rings is 1. The molecule has 0 unspecified atom stereocenters. The summed E-state index contributed by atoms with van der Waals surface area (Å²) in [6.45, 7) is 0. The van der Waals surface area contributed by atoms with E-state index in [1.807, 2.05) is 0 Å². The molecule has 0 spiro atoms. The zero-order chi connectivity index (χ0) is 14.9. The SMILES string of the molecule is O=C(CS(=O)(=O)c1ccc(Cl)c(C(=O)O)c1)NC1CC1. The fourth-order valence-corrected chi connectivity index (χ4v) is 2.98. The van der Waals surface area contributed by atoms with Crippen LogP contribution in [0.5, 0.6) is 0 Å². The predicted octanol–water partition coefficient (Wildman–Crippen LogP) is 1.09. The highest BCUT2D eigenvalue weighted by Gasteiger charge is 2.27. The lowest BCUT2D eigenvalue weighted by Crippen LogP contribution is -2.31. The predicted molar refractivity (Wildman–Crippen MR) is 71.6 cm³/mol. The van der Waals surface area contributed by atoms with E-state index in [0.29, 0.717) is 0 Å². The van der Waals surface area contributed by atoms with Crippen molar-refractivity contribution >= 4 is 33.3 Å². The van der Waals surface area contributed by atoms with Gasteiger partial charge in [0.05, 0.1) is 15.5 Å². The number of aromatic carboxylic acids is 1. The van der Waals surface area contributed by atoms with Crippen LogP contribution in [-0.2, 0) is 14.6 Å². The molecule has 1 aliphatic rings. The Morgan fingerprint density at radius 3 is 2.55 bits per heavy atom. The van der Waals surface area contributed by atoms with E-state index in [0.717, 1.165) is 18.9 Å². The van der Waals surface area contributed by atoms with Crippen LogP contribution < -0.4 is 5.32 Å². The summed E-state index contributed by atoms with van der Waals surface area (Å²) in [7, 11) is -3.88. The van der Waals surface area contributed by atoms with Gasteiger partial charge in [0.25, 0.3) is 0 Å². The molecule has 0 radical (unpaired) electrons. The summed E-state index contributed by atoms with van der Waals surface area (Å²) in [5, 5.41) is 11.4. The molecule has 1 saturated carbocycles. The molecule has 1 aromatic rings. The lowest BCUT2D eigenvalue weighted by Gasteiger charge is -2.07. The van der Waals surface area contributed by atoms with Gasteiger partial charge in [-0.05, 0) is 31.0 Å². The van der Waals surface area contributed by atoms with Crippen LogP contribution in [0, 0.1) is 0 Å². The normalized spacial score (nSPS) is 14.8. The van der Waals surface area contributed by atoms with Crippen LogP contribution in [0.2, 0.25) is 5.02 Å². The zero-order valence-electron chi connectivity index (χ0n) is 10.3. The maximum atomic E-state index is 12.0. The van der Waals surface area contributed by atoms with E-state index in [1.54, 1.807) is 0 Å².